The number of likely N-dealkylation sites (tertiary alicyclic amines) is 1. The molecule has 7 heteroatoms. The van der Waals surface area contributed by atoms with Crippen LogP contribution in [-0.2, 0) is 0 Å². The van der Waals surface area contributed by atoms with E-state index in [-0.39, 0.29) is 17.2 Å². The van der Waals surface area contributed by atoms with Crippen molar-refractivity contribution in [1.82, 2.24) is 9.88 Å². The van der Waals surface area contributed by atoms with E-state index in [4.69, 9.17) is 10.9 Å². The van der Waals surface area contributed by atoms with Gasteiger partial charge in [-0.05, 0) is 34.8 Å². The van der Waals surface area contributed by atoms with Crippen LogP contribution < -0.4 is 5.73 Å². The summed E-state index contributed by atoms with van der Waals surface area (Å²) in [7, 11) is 0. The smallest absolute Gasteiger partial charge is 0.255 e. The highest BCUT2D eigenvalue weighted by molar-refractivity contribution is 9.10. The van der Waals surface area contributed by atoms with E-state index in [1.165, 1.54) is 0 Å². The standard InChI is InChI=1S/C13H17BrN4O2/c1-13(12(15)17-20)2-4-18(5-3-13)11(19)9-6-10(14)8-16-7-9/h6-8,20H,2-5H2,1H3,(H2,15,17). The third kappa shape index (κ3) is 2.92. The summed E-state index contributed by atoms with van der Waals surface area (Å²) in [6, 6.07) is 1.76. The molecule has 20 heavy (non-hydrogen) atoms. The Bertz CT molecular complexity index is 539. The predicted octanol–water partition coefficient (Wildman–Crippen LogP) is 1.83. The van der Waals surface area contributed by atoms with Crippen LogP contribution in [0.25, 0.3) is 0 Å². The summed E-state index contributed by atoms with van der Waals surface area (Å²) in [4.78, 5) is 18.1. The number of nitrogens with two attached hydrogens (primary N) is 1. The zero-order valence-corrected chi connectivity index (χ0v) is 12.8. The lowest BCUT2D eigenvalue weighted by molar-refractivity contribution is 0.0666. The fourth-order valence-corrected chi connectivity index (χ4v) is 2.66. The Kier molecular flexibility index (Phi) is 4.27. The molecule has 1 saturated heterocycles. The molecule has 1 fully saturated rings. The zero-order chi connectivity index (χ0) is 14.8. The third-order valence-corrected chi connectivity index (χ3v) is 4.27. The molecule has 1 aromatic heterocycles. The lowest BCUT2D eigenvalue weighted by Crippen LogP contribution is -2.47. The van der Waals surface area contributed by atoms with Crippen molar-refractivity contribution in [3.8, 4) is 0 Å². The van der Waals surface area contributed by atoms with Crippen LogP contribution in [0.5, 0.6) is 0 Å². The molecule has 0 spiro atoms. The van der Waals surface area contributed by atoms with Gasteiger partial charge in [-0.2, -0.15) is 0 Å². The lowest BCUT2D eigenvalue weighted by Gasteiger charge is -2.38. The molecule has 0 bridgehead atoms. The second-order valence-electron chi connectivity index (χ2n) is 5.23. The van der Waals surface area contributed by atoms with Crippen molar-refractivity contribution in [2.24, 2.45) is 16.3 Å². The van der Waals surface area contributed by atoms with Crippen LogP contribution >= 0.6 is 15.9 Å². The van der Waals surface area contributed by atoms with Crippen LogP contribution in [0.1, 0.15) is 30.1 Å². The molecular formula is C13H17BrN4O2. The van der Waals surface area contributed by atoms with Crippen molar-refractivity contribution in [2.45, 2.75) is 19.8 Å². The molecule has 1 aliphatic rings. The first-order valence-electron chi connectivity index (χ1n) is 6.34. The van der Waals surface area contributed by atoms with E-state index in [1.807, 2.05) is 6.92 Å². The highest BCUT2D eigenvalue weighted by Gasteiger charge is 2.35. The van der Waals surface area contributed by atoms with Gasteiger partial charge in [-0.25, -0.2) is 0 Å². The van der Waals surface area contributed by atoms with E-state index < -0.39 is 0 Å². The highest BCUT2D eigenvalue weighted by atomic mass is 79.9. The Morgan fingerprint density at radius 3 is 2.70 bits per heavy atom. The molecule has 3 N–H and O–H groups in total. The summed E-state index contributed by atoms with van der Waals surface area (Å²) in [6.07, 6.45) is 4.55. The SMILES string of the molecule is CC1(/C(N)=N/O)CCN(C(=O)c2cncc(Br)c2)CC1. The predicted molar refractivity (Wildman–Crippen MR) is 78.6 cm³/mol. The maximum atomic E-state index is 12.4. The highest BCUT2D eigenvalue weighted by Crippen LogP contribution is 2.31. The van der Waals surface area contributed by atoms with Crippen molar-refractivity contribution in [2.75, 3.05) is 13.1 Å². The monoisotopic (exact) mass is 340 g/mol. The van der Waals surface area contributed by atoms with Gasteiger partial charge < -0.3 is 15.8 Å². The maximum Gasteiger partial charge on any atom is 0.255 e. The van der Waals surface area contributed by atoms with Crippen molar-refractivity contribution < 1.29 is 10.0 Å². The Labute approximate surface area is 125 Å². The summed E-state index contributed by atoms with van der Waals surface area (Å²) in [6.45, 7) is 3.11. The summed E-state index contributed by atoms with van der Waals surface area (Å²) in [5.74, 6) is 0.189. The normalized spacial score (nSPS) is 18.9. The molecule has 0 atom stereocenters. The number of oxime groups is 1. The third-order valence-electron chi connectivity index (χ3n) is 3.83. The van der Waals surface area contributed by atoms with Gasteiger partial charge in [0.25, 0.3) is 5.91 Å². The molecule has 2 rings (SSSR count). The number of aromatic nitrogens is 1. The average Bonchev–Trinajstić information content (AvgIpc) is 2.46. The van der Waals surface area contributed by atoms with Crippen LogP contribution in [0, 0.1) is 5.41 Å². The lowest BCUT2D eigenvalue weighted by atomic mass is 9.79. The number of piperidine rings is 1. The Hall–Kier alpha value is -1.63. The van der Waals surface area contributed by atoms with Crippen LogP contribution in [0.15, 0.2) is 28.1 Å². The number of carbonyl (C=O) groups excluding carboxylic acids is 1. The van der Waals surface area contributed by atoms with Gasteiger partial charge in [0.2, 0.25) is 0 Å². The molecule has 0 aliphatic carbocycles. The molecule has 6 nitrogen and oxygen atoms in total. The first-order valence-corrected chi connectivity index (χ1v) is 7.13. The summed E-state index contributed by atoms with van der Waals surface area (Å²) in [5.41, 5.74) is 5.93. The van der Waals surface area contributed by atoms with E-state index >= 15 is 0 Å². The molecule has 0 unspecified atom stereocenters. The minimum Gasteiger partial charge on any atom is -0.409 e. The molecule has 1 amide bonds. The number of nitrogens with zero attached hydrogens (tertiary/aromatic N) is 3. The number of hydrogen-bond acceptors (Lipinski definition) is 4. The first-order chi connectivity index (χ1) is 9.46. The molecule has 1 aliphatic heterocycles. The number of hydrogen-bond donors (Lipinski definition) is 2. The van der Waals surface area contributed by atoms with Crippen LogP contribution in [-0.4, -0.2) is 39.9 Å². The maximum absolute atomic E-state index is 12.4. The Balaban J connectivity index is 2.06. The van der Waals surface area contributed by atoms with Gasteiger partial charge in [0.05, 0.1) is 5.56 Å². The number of amidine groups is 1. The molecule has 2 heterocycles. The second-order valence-corrected chi connectivity index (χ2v) is 6.15. The van der Waals surface area contributed by atoms with Gasteiger partial charge in [0.15, 0.2) is 0 Å². The van der Waals surface area contributed by atoms with Crippen LogP contribution in [0.2, 0.25) is 0 Å². The van der Waals surface area contributed by atoms with Crippen LogP contribution in [0.4, 0.5) is 0 Å². The minimum atomic E-state index is -0.346. The minimum absolute atomic E-state index is 0.0413. The fraction of sp³-hybridized carbons (Fsp3) is 0.462. The van der Waals surface area contributed by atoms with Crippen molar-refractivity contribution in [1.29, 1.82) is 0 Å². The Morgan fingerprint density at radius 2 is 2.15 bits per heavy atom. The molecule has 108 valence electrons. The fourth-order valence-electron chi connectivity index (χ4n) is 2.29. The zero-order valence-electron chi connectivity index (χ0n) is 11.2. The van der Waals surface area contributed by atoms with Crippen molar-refractivity contribution in [3.05, 3.63) is 28.5 Å². The Morgan fingerprint density at radius 1 is 1.50 bits per heavy atom. The number of amides is 1. The quantitative estimate of drug-likeness (QED) is 0.372. The first kappa shape index (κ1) is 14.8. The molecule has 1 aromatic rings. The van der Waals surface area contributed by atoms with Crippen molar-refractivity contribution >= 4 is 27.7 Å². The summed E-state index contributed by atoms with van der Waals surface area (Å²) >= 11 is 3.31. The number of pyridine rings is 1. The molecular weight excluding hydrogens is 324 g/mol. The number of carbonyl (C=O) groups is 1. The summed E-state index contributed by atoms with van der Waals surface area (Å²) in [5, 5.41) is 11.9. The van der Waals surface area contributed by atoms with Crippen molar-refractivity contribution in [3.63, 3.8) is 0 Å². The largest absolute Gasteiger partial charge is 0.409 e. The summed E-state index contributed by atoms with van der Waals surface area (Å²) < 4.78 is 0.779. The number of rotatable bonds is 2. The van der Waals surface area contributed by atoms with E-state index in [1.54, 1.807) is 23.4 Å². The molecule has 0 aromatic carbocycles. The van der Waals surface area contributed by atoms with E-state index in [2.05, 4.69) is 26.1 Å². The van der Waals surface area contributed by atoms with Gasteiger partial charge >= 0.3 is 0 Å². The molecule has 0 saturated carbocycles. The van der Waals surface area contributed by atoms with E-state index in [0.29, 0.717) is 31.5 Å². The van der Waals surface area contributed by atoms with Gasteiger partial charge in [0, 0.05) is 35.4 Å². The molecule has 0 radical (unpaired) electrons. The second kappa shape index (κ2) is 5.78. The van der Waals surface area contributed by atoms with Gasteiger partial charge in [-0.15, -0.1) is 0 Å². The average molecular weight is 341 g/mol. The topological polar surface area (TPSA) is 91.8 Å². The van der Waals surface area contributed by atoms with Crippen LogP contribution in [0.3, 0.4) is 0 Å². The number of halogens is 1. The van der Waals surface area contributed by atoms with E-state index in [9.17, 15) is 4.79 Å². The van der Waals surface area contributed by atoms with Gasteiger partial charge in [0.1, 0.15) is 5.84 Å². The van der Waals surface area contributed by atoms with Gasteiger partial charge in [-0.1, -0.05) is 12.1 Å². The van der Waals surface area contributed by atoms with E-state index in [0.717, 1.165) is 4.47 Å². The van der Waals surface area contributed by atoms with Gasteiger partial charge in [-0.3, -0.25) is 9.78 Å².